The molecule has 0 amide bonds. The van der Waals surface area contributed by atoms with Gasteiger partial charge in [0.05, 0.1) is 52.9 Å². The van der Waals surface area contributed by atoms with E-state index in [1.807, 2.05) is 0 Å². The smallest absolute Gasteiger partial charge is 0.126 e. The van der Waals surface area contributed by atoms with Gasteiger partial charge in [-0.1, -0.05) is 343 Å². The van der Waals surface area contributed by atoms with Crippen molar-refractivity contribution >= 4 is 0 Å². The molecule has 0 unspecified atom stereocenters. The molecule has 2 aliphatic heterocycles. The maximum Gasteiger partial charge on any atom is 0.126 e. The first-order valence-corrected chi connectivity index (χ1v) is 48.6. The molecule has 0 fully saturated rings. The zero-order chi connectivity index (χ0) is 90.7. The Morgan fingerprint density at radius 3 is 0.435 bits per heavy atom. The molecule has 678 valence electrons. The molecule has 8 aromatic carbocycles. The molecule has 0 spiro atoms. The van der Waals surface area contributed by atoms with E-state index in [1.54, 1.807) is 0 Å². The van der Waals surface area contributed by atoms with Crippen molar-refractivity contribution in [2.75, 3.05) is 52.9 Å². The van der Waals surface area contributed by atoms with Crippen molar-refractivity contribution < 1.29 is 37.9 Å². The summed E-state index contributed by atoms with van der Waals surface area (Å²) in [6.07, 6.45) is 17.8. The Hall–Kier alpha value is -7.84. The first-order chi connectivity index (χ1) is 58.2. The van der Waals surface area contributed by atoms with Gasteiger partial charge in [0.2, 0.25) is 0 Å². The van der Waals surface area contributed by atoms with Gasteiger partial charge in [0.15, 0.2) is 0 Å². The van der Waals surface area contributed by atoms with Crippen LogP contribution in [-0.2, 0) is 94.7 Å². The molecule has 10 rings (SSSR count). The van der Waals surface area contributed by atoms with Gasteiger partial charge in [-0.25, -0.2) is 0 Å². The second-order valence-electron chi connectivity index (χ2n) is 45.0. The van der Waals surface area contributed by atoms with Crippen molar-refractivity contribution in [1.82, 2.24) is 0 Å². The van der Waals surface area contributed by atoms with Crippen LogP contribution in [0.15, 0.2) is 97.1 Å². The second-order valence-corrected chi connectivity index (χ2v) is 45.0. The summed E-state index contributed by atoms with van der Waals surface area (Å²) in [4.78, 5) is 0. The van der Waals surface area contributed by atoms with Gasteiger partial charge >= 0.3 is 0 Å². The minimum atomic E-state index is -0.244. The molecular weight excluding hydrogens is 1520 g/mol. The van der Waals surface area contributed by atoms with Gasteiger partial charge in [0, 0.05) is 51.4 Å². The normalized spacial score (nSPS) is 14.2. The summed E-state index contributed by atoms with van der Waals surface area (Å²) in [6.45, 7) is 75.1. The van der Waals surface area contributed by atoms with Crippen molar-refractivity contribution in [3.8, 4) is 46.0 Å². The zero-order valence-electron chi connectivity index (χ0n) is 83.7. The maximum absolute atomic E-state index is 7.85. The van der Waals surface area contributed by atoms with Crippen molar-refractivity contribution in [3.63, 3.8) is 0 Å². The number of benzene rings is 8. The van der Waals surface area contributed by atoms with Crippen LogP contribution in [-0.4, -0.2) is 52.9 Å². The van der Waals surface area contributed by atoms with Gasteiger partial charge in [0.25, 0.3) is 0 Å². The standard InChI is InChI=1S/C116H166O8/c1-31-37-45-117-101-77-53-81-65-95(111(13,14)15)69-85(103(81)119-47-39-33-3)57-89-73-99(115(25,26)27)75-91-59-87-71-97(113(19,20)21)67-83(105(87)121-49-41-35-5)55-79-63-94(110(10,11)12)64-80(102(79)118-46-38-32-2)56-84-68-98(114(22,23)24)72-88(106(84)122-50-42-36-6)60-92-76-100(116(28,29)30)74-90(108(92)124-52-44-43-51-123-107(89)91)58-86-70-96(112(16,17)18)66-82(104(86)120-48-40-34-4)54-78(101)62-93(61-77)109(7,8)9/h61-76H,31-60H2,1-30H3. The number of unbranched alkanes of at least 4 members (excludes halogenated alkanes) is 6. The van der Waals surface area contributed by atoms with Crippen LogP contribution in [0.5, 0.6) is 46.0 Å². The molecule has 14 bridgehead atoms. The van der Waals surface area contributed by atoms with E-state index in [0.29, 0.717) is 104 Å². The fraction of sp³-hybridized carbons (Fsp3) is 0.586. The quantitative estimate of drug-likeness (QED) is 0.0554. The first kappa shape index (κ1) is 98.3. The summed E-state index contributed by atoms with van der Waals surface area (Å²) >= 11 is 0. The number of hydrogen-bond acceptors (Lipinski definition) is 8. The van der Waals surface area contributed by atoms with Crippen molar-refractivity contribution in [2.24, 2.45) is 0 Å². The van der Waals surface area contributed by atoms with Gasteiger partial charge in [0.1, 0.15) is 46.0 Å². The minimum absolute atomic E-state index is 0.217. The van der Waals surface area contributed by atoms with Crippen LogP contribution in [0.4, 0.5) is 0 Å². The molecular formula is C116H166O8. The highest BCUT2D eigenvalue weighted by molar-refractivity contribution is 5.63. The number of hydrogen-bond donors (Lipinski definition) is 0. The average Bonchev–Trinajstić information content (AvgIpc) is 0.963. The molecule has 2 aliphatic rings. The third kappa shape index (κ3) is 25.6. The highest BCUT2D eigenvalue weighted by Gasteiger charge is 2.34. The number of fused-ring (bicyclic) bond motifs is 17. The fourth-order valence-electron chi connectivity index (χ4n) is 17.2. The molecule has 0 radical (unpaired) electrons. The van der Waals surface area contributed by atoms with E-state index in [-0.39, 0.29) is 43.3 Å². The Balaban J connectivity index is 1.44. The monoisotopic (exact) mass is 1690 g/mol. The van der Waals surface area contributed by atoms with Gasteiger partial charge in [-0.2, -0.15) is 0 Å². The Bertz CT molecular complexity index is 4340. The van der Waals surface area contributed by atoms with Crippen LogP contribution in [0, 0.1) is 0 Å². The number of rotatable bonds is 24. The largest absolute Gasteiger partial charge is 0.493 e. The summed E-state index contributed by atoms with van der Waals surface area (Å²) in [5, 5.41) is 0. The van der Waals surface area contributed by atoms with E-state index in [1.165, 1.54) is 89.0 Å². The SMILES string of the molecule is CCCCOc1c2cc(C(C)(C)C)cc1Cc1cc(C(C)(C)C)cc(c1OCCCC)Cc1cc(C(C)(C)C)cc3c1OCCCCOc1c(cc(C(C)(C)C)cc1Cc1cc(C(C)(C)C)cc(c1OCCCC)Cc1cc(C(C)(C)C)cc(c1OCCCC)Cc1cc(C(C)(C)C)cc(c1OCCCC)C3)Cc1cc(C(C)(C)C)cc(c1OCCCC)C2. The lowest BCUT2D eigenvalue weighted by Gasteiger charge is -2.29. The van der Waals surface area contributed by atoms with E-state index < -0.39 is 0 Å². The first-order valence-electron chi connectivity index (χ1n) is 48.6. The Labute approximate surface area is 755 Å². The van der Waals surface area contributed by atoms with Gasteiger partial charge in [-0.15, -0.1) is 0 Å². The van der Waals surface area contributed by atoms with E-state index in [0.717, 1.165) is 180 Å². The Morgan fingerprint density at radius 2 is 0.315 bits per heavy atom. The molecule has 8 nitrogen and oxygen atoms in total. The van der Waals surface area contributed by atoms with E-state index in [9.17, 15) is 0 Å². The van der Waals surface area contributed by atoms with Crippen LogP contribution in [0.3, 0.4) is 0 Å². The lowest BCUT2D eigenvalue weighted by atomic mass is 9.79. The topological polar surface area (TPSA) is 73.8 Å². The lowest BCUT2D eigenvalue weighted by Crippen LogP contribution is -2.18. The molecule has 0 saturated carbocycles. The average molecular weight is 1690 g/mol. The van der Waals surface area contributed by atoms with Crippen LogP contribution < -0.4 is 37.9 Å². The van der Waals surface area contributed by atoms with E-state index in [4.69, 9.17) is 37.9 Å². The second kappa shape index (κ2) is 41.5. The van der Waals surface area contributed by atoms with Crippen LogP contribution >= 0.6 is 0 Å². The van der Waals surface area contributed by atoms with Gasteiger partial charge in [-0.05, 0) is 228 Å². The Morgan fingerprint density at radius 1 is 0.194 bits per heavy atom. The number of ether oxygens (including phenoxy) is 8. The summed E-state index contributed by atoms with van der Waals surface area (Å²) in [6, 6.07) is 39.8. The van der Waals surface area contributed by atoms with Crippen molar-refractivity contribution in [2.45, 2.75) is 392 Å². The predicted octanol–water partition coefficient (Wildman–Crippen LogP) is 30.7. The summed E-state index contributed by atoms with van der Waals surface area (Å²) in [5.41, 5.74) is 27.0. The predicted molar refractivity (Wildman–Crippen MR) is 526 cm³/mol. The summed E-state index contributed by atoms with van der Waals surface area (Å²) in [7, 11) is 0. The minimum Gasteiger partial charge on any atom is -0.493 e. The molecule has 0 aliphatic carbocycles. The molecule has 8 heteroatoms. The van der Waals surface area contributed by atoms with Crippen LogP contribution in [0.1, 0.15) is 431 Å². The molecule has 8 aromatic rings. The van der Waals surface area contributed by atoms with E-state index >= 15 is 0 Å². The molecule has 0 atom stereocenters. The fourth-order valence-corrected chi connectivity index (χ4v) is 17.2. The summed E-state index contributed by atoms with van der Waals surface area (Å²) < 4.78 is 60.9. The highest BCUT2D eigenvalue weighted by atomic mass is 16.5. The lowest BCUT2D eigenvalue weighted by molar-refractivity contribution is 0.261. The van der Waals surface area contributed by atoms with Crippen LogP contribution in [0.25, 0.3) is 0 Å². The van der Waals surface area contributed by atoms with Gasteiger partial charge in [-0.3, -0.25) is 0 Å². The van der Waals surface area contributed by atoms with E-state index in [2.05, 4.69) is 305 Å². The summed E-state index contributed by atoms with van der Waals surface area (Å²) in [5.74, 6) is 7.62. The Kier molecular flexibility index (Phi) is 32.9. The maximum atomic E-state index is 7.85. The molecule has 0 aromatic heterocycles. The third-order valence-corrected chi connectivity index (χ3v) is 25.4. The van der Waals surface area contributed by atoms with Crippen molar-refractivity contribution in [3.05, 3.63) is 231 Å². The molecule has 2 heterocycles. The molecule has 124 heavy (non-hydrogen) atoms. The molecule has 0 N–H and O–H groups in total. The van der Waals surface area contributed by atoms with Gasteiger partial charge < -0.3 is 37.9 Å². The zero-order valence-corrected chi connectivity index (χ0v) is 83.7. The van der Waals surface area contributed by atoms with Crippen molar-refractivity contribution in [1.29, 1.82) is 0 Å². The molecule has 0 saturated heterocycles. The third-order valence-electron chi connectivity index (χ3n) is 25.4. The van der Waals surface area contributed by atoms with Crippen LogP contribution in [0.2, 0.25) is 0 Å². The highest BCUT2D eigenvalue weighted by Crippen LogP contribution is 2.49.